The van der Waals surface area contributed by atoms with E-state index < -0.39 is 0 Å². The molecule has 21 heavy (non-hydrogen) atoms. The van der Waals surface area contributed by atoms with E-state index in [1.807, 2.05) is 36.4 Å². The van der Waals surface area contributed by atoms with E-state index in [0.717, 1.165) is 32.7 Å². The van der Waals surface area contributed by atoms with E-state index in [2.05, 4.69) is 0 Å². The van der Waals surface area contributed by atoms with E-state index in [1.165, 1.54) is 4.57 Å². The molecule has 1 heterocycles. The van der Waals surface area contributed by atoms with Crippen molar-refractivity contribution in [1.29, 1.82) is 0 Å². The van der Waals surface area contributed by atoms with E-state index in [1.54, 1.807) is 12.1 Å². The smallest absolute Gasteiger partial charge is 0.289 e. The molecule has 3 aromatic rings. The zero-order valence-corrected chi connectivity index (χ0v) is 13.2. The van der Waals surface area contributed by atoms with E-state index in [-0.39, 0.29) is 16.5 Å². The van der Waals surface area contributed by atoms with Gasteiger partial charge in [0.05, 0.1) is 21.8 Å². The predicted octanol–water partition coefficient (Wildman–Crippen LogP) is 4.04. The van der Waals surface area contributed by atoms with Crippen molar-refractivity contribution in [2.24, 2.45) is 0 Å². The molecule has 0 fully saturated rings. The Labute approximate surface area is 134 Å². The van der Waals surface area contributed by atoms with Crippen LogP contribution in [0.25, 0.3) is 10.2 Å². The second-order valence-corrected chi connectivity index (χ2v) is 6.86. The first-order valence-corrected chi connectivity index (χ1v) is 8.20. The van der Waals surface area contributed by atoms with Crippen molar-refractivity contribution in [2.45, 2.75) is 11.4 Å². The number of halogens is 1. The molecule has 0 amide bonds. The Morgan fingerprint density at radius 2 is 1.90 bits per heavy atom. The zero-order chi connectivity index (χ0) is 14.8. The Hall–Kier alpha value is -1.56. The lowest BCUT2D eigenvalue weighted by molar-refractivity contribution is -0.111. The van der Waals surface area contributed by atoms with Gasteiger partial charge in [-0.2, -0.15) is 0 Å². The van der Waals surface area contributed by atoms with Gasteiger partial charge >= 0.3 is 4.87 Å². The van der Waals surface area contributed by atoms with Crippen LogP contribution in [0.15, 0.2) is 58.2 Å². The van der Waals surface area contributed by atoms with Gasteiger partial charge in [0.15, 0.2) is 0 Å². The monoisotopic (exact) mass is 335 g/mol. The minimum atomic E-state index is -0.167. The third-order valence-electron chi connectivity index (χ3n) is 2.90. The lowest BCUT2D eigenvalue weighted by Crippen LogP contribution is -2.17. The number of para-hydroxylation sites is 1. The van der Waals surface area contributed by atoms with Crippen LogP contribution in [0.4, 0.5) is 0 Å². The number of hydrogen-bond donors (Lipinski definition) is 0. The first-order valence-electron chi connectivity index (χ1n) is 6.19. The largest absolute Gasteiger partial charge is 0.308 e. The molecule has 0 N–H and O–H groups in total. The summed E-state index contributed by atoms with van der Waals surface area (Å²) in [4.78, 5) is 24.9. The molecule has 106 valence electrons. The third-order valence-corrected chi connectivity index (χ3v) is 5.01. The average Bonchev–Trinajstić information content (AvgIpc) is 2.77. The van der Waals surface area contributed by atoms with Gasteiger partial charge in [-0.15, -0.1) is 0 Å². The van der Waals surface area contributed by atoms with Crippen LogP contribution in [-0.2, 0) is 11.3 Å². The Morgan fingerprint density at radius 1 is 1.14 bits per heavy atom. The maximum absolute atomic E-state index is 12.2. The second kappa shape index (κ2) is 6.05. The first-order chi connectivity index (χ1) is 10.1. The molecule has 0 unspecified atom stereocenters. The summed E-state index contributed by atoms with van der Waals surface area (Å²) in [6, 6.07) is 14.7. The standard InChI is InChI=1S/C15H10ClNO2S2/c16-11-7-4-8-12-14(11)17(15(19)21-12)9-13(18)20-10-5-2-1-3-6-10/h1-8H,9H2. The fraction of sp³-hybridized carbons (Fsp3) is 0.0667. The topological polar surface area (TPSA) is 39.1 Å². The molecule has 0 aliphatic carbocycles. The van der Waals surface area contributed by atoms with Crippen LogP contribution in [0, 0.1) is 0 Å². The number of thiazole rings is 1. The van der Waals surface area contributed by atoms with Crippen molar-refractivity contribution in [2.75, 3.05) is 0 Å². The van der Waals surface area contributed by atoms with Gasteiger partial charge in [0.25, 0.3) is 0 Å². The van der Waals surface area contributed by atoms with E-state index in [0.29, 0.717) is 10.5 Å². The van der Waals surface area contributed by atoms with Crippen molar-refractivity contribution in [3.05, 3.63) is 63.2 Å². The summed E-state index contributed by atoms with van der Waals surface area (Å²) in [6.07, 6.45) is 0. The number of carbonyl (C=O) groups is 1. The van der Waals surface area contributed by atoms with Crippen LogP contribution >= 0.6 is 34.7 Å². The molecular weight excluding hydrogens is 326 g/mol. The number of rotatable bonds is 3. The molecule has 0 aliphatic rings. The number of nitrogens with zero attached hydrogens (tertiary/aromatic N) is 1. The Morgan fingerprint density at radius 3 is 2.67 bits per heavy atom. The summed E-state index contributed by atoms with van der Waals surface area (Å²) < 4.78 is 2.24. The van der Waals surface area contributed by atoms with Gasteiger partial charge in [-0.1, -0.05) is 59.0 Å². The molecule has 0 saturated carbocycles. The van der Waals surface area contributed by atoms with Crippen molar-refractivity contribution in [3.63, 3.8) is 0 Å². The number of thioether (sulfide) groups is 1. The maximum atomic E-state index is 12.2. The Kier molecular flexibility index (Phi) is 4.14. The molecular formula is C15H10ClNO2S2. The lowest BCUT2D eigenvalue weighted by atomic mass is 10.3. The molecule has 0 radical (unpaired) electrons. The van der Waals surface area contributed by atoms with Gasteiger partial charge in [-0.05, 0) is 24.3 Å². The summed E-state index contributed by atoms with van der Waals surface area (Å²) in [7, 11) is 0. The molecule has 3 nitrogen and oxygen atoms in total. The van der Waals surface area contributed by atoms with E-state index in [4.69, 9.17) is 11.6 Å². The van der Waals surface area contributed by atoms with Gasteiger partial charge in [0, 0.05) is 4.90 Å². The van der Waals surface area contributed by atoms with E-state index in [9.17, 15) is 9.59 Å². The number of hydrogen-bond acceptors (Lipinski definition) is 4. The normalized spacial score (nSPS) is 10.9. The molecule has 0 spiro atoms. The molecule has 1 aromatic heterocycles. The number of fused-ring (bicyclic) bond motifs is 1. The Balaban J connectivity index is 1.90. The molecule has 3 rings (SSSR count). The van der Waals surface area contributed by atoms with Crippen molar-refractivity contribution >= 4 is 50.0 Å². The highest BCUT2D eigenvalue weighted by Gasteiger charge is 2.14. The number of benzene rings is 2. The van der Waals surface area contributed by atoms with Crippen LogP contribution in [-0.4, -0.2) is 9.68 Å². The SMILES string of the molecule is O=C(Cn1c(=O)sc2cccc(Cl)c21)Sc1ccccc1. The maximum Gasteiger partial charge on any atom is 0.308 e. The Bertz CT molecular complexity index is 855. The second-order valence-electron chi connectivity index (χ2n) is 4.33. The quantitative estimate of drug-likeness (QED) is 0.678. The average molecular weight is 336 g/mol. The molecule has 0 saturated heterocycles. The minimum Gasteiger partial charge on any atom is -0.289 e. The number of carbonyl (C=O) groups excluding carboxylic acids is 1. The molecule has 0 bridgehead atoms. The highest BCUT2D eigenvalue weighted by molar-refractivity contribution is 8.13. The third kappa shape index (κ3) is 3.05. The first kappa shape index (κ1) is 14.4. The highest BCUT2D eigenvalue weighted by atomic mass is 35.5. The number of aromatic nitrogens is 1. The zero-order valence-electron chi connectivity index (χ0n) is 10.8. The fourth-order valence-electron chi connectivity index (χ4n) is 2.01. The van der Waals surface area contributed by atoms with Crippen LogP contribution in [0.3, 0.4) is 0 Å². The van der Waals surface area contributed by atoms with Gasteiger partial charge in [-0.25, -0.2) is 0 Å². The molecule has 2 aromatic carbocycles. The molecule has 6 heteroatoms. The van der Waals surface area contributed by atoms with Gasteiger partial charge < -0.3 is 0 Å². The van der Waals surface area contributed by atoms with Crippen molar-refractivity contribution in [1.82, 2.24) is 4.57 Å². The van der Waals surface area contributed by atoms with Crippen LogP contribution in [0.5, 0.6) is 0 Å². The van der Waals surface area contributed by atoms with Gasteiger partial charge in [0.1, 0.15) is 0 Å². The summed E-state index contributed by atoms with van der Waals surface area (Å²) in [6.45, 7) is 0.0160. The highest BCUT2D eigenvalue weighted by Crippen LogP contribution is 2.26. The van der Waals surface area contributed by atoms with Crippen molar-refractivity contribution in [3.8, 4) is 0 Å². The summed E-state index contributed by atoms with van der Waals surface area (Å²) in [5, 5.41) is 0.395. The predicted molar refractivity (Wildman–Crippen MR) is 88.4 cm³/mol. The van der Waals surface area contributed by atoms with Gasteiger partial charge in [0.2, 0.25) is 5.12 Å². The van der Waals surface area contributed by atoms with Crippen LogP contribution < -0.4 is 4.87 Å². The van der Waals surface area contributed by atoms with Crippen LogP contribution in [0.2, 0.25) is 5.02 Å². The minimum absolute atomic E-state index is 0.0160. The molecule has 0 aliphatic heterocycles. The summed E-state index contributed by atoms with van der Waals surface area (Å²) >= 11 is 8.38. The van der Waals surface area contributed by atoms with Gasteiger partial charge in [-0.3, -0.25) is 14.2 Å². The summed E-state index contributed by atoms with van der Waals surface area (Å²) in [5.41, 5.74) is 0.635. The van der Waals surface area contributed by atoms with Crippen LogP contribution in [0.1, 0.15) is 0 Å². The fourth-order valence-corrected chi connectivity index (χ4v) is 4.01. The summed E-state index contributed by atoms with van der Waals surface area (Å²) in [5.74, 6) is 0. The lowest BCUT2D eigenvalue weighted by Gasteiger charge is -2.04. The van der Waals surface area contributed by atoms with Crippen molar-refractivity contribution < 1.29 is 4.79 Å². The van der Waals surface area contributed by atoms with E-state index >= 15 is 0 Å². The molecule has 0 atom stereocenters.